The Labute approximate surface area is 147 Å². The summed E-state index contributed by atoms with van der Waals surface area (Å²) >= 11 is 0. The van der Waals surface area contributed by atoms with Gasteiger partial charge in [0.2, 0.25) is 0 Å². The lowest BCUT2D eigenvalue weighted by Crippen LogP contribution is -2.22. The van der Waals surface area contributed by atoms with Crippen LogP contribution in [0.1, 0.15) is 12.1 Å². The van der Waals surface area contributed by atoms with E-state index in [-0.39, 0.29) is 0 Å². The van der Waals surface area contributed by atoms with Crippen molar-refractivity contribution >= 4 is 28.0 Å². The molecule has 5 nitrogen and oxygen atoms in total. The van der Waals surface area contributed by atoms with Crippen LogP contribution in [-0.2, 0) is 4.74 Å². The minimum absolute atomic E-state index is 0.315. The quantitative estimate of drug-likeness (QED) is 0.784. The molecule has 1 N–H and O–H groups in total. The maximum Gasteiger partial charge on any atom is 0.0762 e. The molecule has 0 aliphatic carbocycles. The van der Waals surface area contributed by atoms with Crippen LogP contribution < -0.4 is 10.2 Å². The molecule has 1 fully saturated rings. The summed E-state index contributed by atoms with van der Waals surface area (Å²) in [5.74, 6) is 0. The molecule has 1 atom stereocenters. The molecule has 0 amide bonds. The molecule has 0 bridgehead atoms. The number of anilines is 3. The molecule has 3 heterocycles. The van der Waals surface area contributed by atoms with Gasteiger partial charge in [-0.2, -0.15) is 0 Å². The third kappa shape index (κ3) is 3.28. The van der Waals surface area contributed by atoms with E-state index < -0.39 is 0 Å². The molecule has 1 saturated heterocycles. The molecule has 1 aliphatic heterocycles. The Morgan fingerprint density at radius 2 is 2.12 bits per heavy atom. The summed E-state index contributed by atoms with van der Waals surface area (Å²) in [6.45, 7) is 4.01. The second-order valence-corrected chi connectivity index (χ2v) is 6.47. The zero-order valence-electron chi connectivity index (χ0n) is 14.6. The minimum atomic E-state index is 0.315. The molecule has 0 radical (unpaired) electrons. The van der Waals surface area contributed by atoms with Crippen molar-refractivity contribution in [3.8, 4) is 0 Å². The highest BCUT2D eigenvalue weighted by Gasteiger charge is 2.24. The third-order valence-corrected chi connectivity index (χ3v) is 4.69. The van der Waals surface area contributed by atoms with E-state index >= 15 is 0 Å². The van der Waals surface area contributed by atoms with Crippen molar-refractivity contribution in [2.45, 2.75) is 19.4 Å². The average Bonchev–Trinajstić information content (AvgIpc) is 3.10. The van der Waals surface area contributed by atoms with E-state index in [4.69, 9.17) is 9.72 Å². The number of fused-ring (bicyclic) bond motifs is 1. The fourth-order valence-corrected chi connectivity index (χ4v) is 3.42. The number of ether oxygens (including phenoxy) is 1. The first kappa shape index (κ1) is 15.8. The lowest BCUT2D eigenvalue weighted by atomic mass is 10.1. The van der Waals surface area contributed by atoms with Gasteiger partial charge in [-0.05, 0) is 49.7 Å². The molecule has 25 heavy (non-hydrogen) atoms. The van der Waals surface area contributed by atoms with Gasteiger partial charge in [0.1, 0.15) is 0 Å². The Morgan fingerprint density at radius 3 is 2.88 bits per heavy atom. The number of nitrogens with one attached hydrogen (secondary N) is 1. The number of benzene rings is 1. The van der Waals surface area contributed by atoms with E-state index in [1.54, 1.807) is 13.3 Å². The molecule has 0 spiro atoms. The van der Waals surface area contributed by atoms with Crippen LogP contribution in [0.3, 0.4) is 0 Å². The van der Waals surface area contributed by atoms with Gasteiger partial charge in [-0.1, -0.05) is 0 Å². The zero-order chi connectivity index (χ0) is 17.2. The molecule has 1 aliphatic rings. The van der Waals surface area contributed by atoms with E-state index in [0.717, 1.165) is 42.1 Å². The smallest absolute Gasteiger partial charge is 0.0762 e. The number of rotatable bonds is 4. The Bertz CT molecular complexity index is 882. The maximum atomic E-state index is 5.52. The highest BCUT2D eigenvalue weighted by Crippen LogP contribution is 2.32. The topological polar surface area (TPSA) is 50.3 Å². The van der Waals surface area contributed by atoms with Gasteiger partial charge < -0.3 is 15.0 Å². The van der Waals surface area contributed by atoms with Gasteiger partial charge in [-0.15, -0.1) is 0 Å². The van der Waals surface area contributed by atoms with Crippen LogP contribution >= 0.6 is 0 Å². The summed E-state index contributed by atoms with van der Waals surface area (Å²) < 4.78 is 5.52. The van der Waals surface area contributed by atoms with E-state index in [0.29, 0.717) is 6.10 Å². The number of aromatic nitrogens is 2. The van der Waals surface area contributed by atoms with Gasteiger partial charge in [0.25, 0.3) is 0 Å². The molecule has 4 rings (SSSR count). The normalized spacial score (nSPS) is 17.2. The van der Waals surface area contributed by atoms with Crippen molar-refractivity contribution in [1.29, 1.82) is 0 Å². The van der Waals surface area contributed by atoms with Gasteiger partial charge in [0.05, 0.1) is 23.5 Å². The highest BCUT2D eigenvalue weighted by molar-refractivity contribution is 5.94. The average molecular weight is 334 g/mol. The number of pyridine rings is 2. The van der Waals surface area contributed by atoms with Gasteiger partial charge >= 0.3 is 0 Å². The Hall–Kier alpha value is -2.66. The van der Waals surface area contributed by atoms with Gasteiger partial charge in [-0.25, -0.2) is 0 Å². The van der Waals surface area contributed by atoms with E-state index in [9.17, 15) is 0 Å². The summed E-state index contributed by atoms with van der Waals surface area (Å²) in [6.07, 6.45) is 4.97. The van der Waals surface area contributed by atoms with Crippen molar-refractivity contribution in [1.82, 2.24) is 9.97 Å². The maximum absolute atomic E-state index is 5.52. The van der Waals surface area contributed by atoms with Crippen LogP contribution in [-0.4, -0.2) is 36.3 Å². The number of aryl methyl sites for hydroxylation is 1. The first-order valence-corrected chi connectivity index (χ1v) is 8.59. The van der Waals surface area contributed by atoms with E-state index in [1.165, 1.54) is 11.1 Å². The lowest BCUT2D eigenvalue weighted by Gasteiger charge is -2.21. The fourth-order valence-electron chi connectivity index (χ4n) is 3.42. The molecule has 1 aromatic carbocycles. The highest BCUT2D eigenvalue weighted by atomic mass is 16.5. The Morgan fingerprint density at radius 1 is 1.20 bits per heavy atom. The summed E-state index contributed by atoms with van der Waals surface area (Å²) in [5.41, 5.74) is 5.26. The second-order valence-electron chi connectivity index (χ2n) is 6.47. The fraction of sp³-hybridized carbons (Fsp3) is 0.300. The van der Waals surface area contributed by atoms with Gasteiger partial charge in [-0.3, -0.25) is 9.97 Å². The van der Waals surface area contributed by atoms with E-state index in [2.05, 4.69) is 39.5 Å². The predicted octanol–water partition coefficient (Wildman–Crippen LogP) is 3.91. The predicted molar refractivity (Wildman–Crippen MR) is 102 cm³/mol. The Balaban J connectivity index is 1.69. The van der Waals surface area contributed by atoms with Crippen molar-refractivity contribution in [3.05, 3.63) is 54.5 Å². The minimum Gasteiger partial charge on any atom is -0.380 e. The van der Waals surface area contributed by atoms with Gasteiger partial charge in [0, 0.05) is 48.9 Å². The molecule has 0 unspecified atom stereocenters. The first-order chi connectivity index (χ1) is 12.2. The number of nitrogens with zero attached hydrogens (tertiary/aromatic N) is 3. The molecule has 3 aromatic rings. The van der Waals surface area contributed by atoms with Crippen LogP contribution in [0.2, 0.25) is 0 Å². The van der Waals surface area contributed by atoms with Crippen LogP contribution in [0.4, 0.5) is 17.1 Å². The third-order valence-electron chi connectivity index (χ3n) is 4.69. The number of methoxy groups -OCH3 is 1. The number of hydrogen-bond donors (Lipinski definition) is 1. The monoisotopic (exact) mass is 334 g/mol. The molecular formula is C20H22N4O. The zero-order valence-corrected chi connectivity index (χ0v) is 14.6. The van der Waals surface area contributed by atoms with Crippen LogP contribution in [0, 0.1) is 6.92 Å². The number of hydrogen-bond acceptors (Lipinski definition) is 5. The first-order valence-electron chi connectivity index (χ1n) is 8.59. The molecule has 0 saturated carbocycles. The van der Waals surface area contributed by atoms with Crippen molar-refractivity contribution in [2.24, 2.45) is 0 Å². The summed E-state index contributed by atoms with van der Waals surface area (Å²) in [4.78, 5) is 11.3. The molecule has 2 aromatic heterocycles. The summed E-state index contributed by atoms with van der Waals surface area (Å²) in [5, 5.41) is 4.56. The van der Waals surface area contributed by atoms with E-state index in [1.807, 2.05) is 25.3 Å². The molecule has 128 valence electrons. The molecular weight excluding hydrogens is 312 g/mol. The van der Waals surface area contributed by atoms with Crippen molar-refractivity contribution in [2.75, 3.05) is 30.4 Å². The molecule has 5 heteroatoms. The van der Waals surface area contributed by atoms with Crippen LogP contribution in [0.15, 0.2) is 48.8 Å². The standard InChI is InChI=1S/C20H22N4O/c1-14-10-20(24-9-7-17(13-24)25-2)18-6-5-15(11-19(18)22-14)23-16-4-3-8-21-12-16/h3-6,8,10-12,17,23H,7,9,13H2,1-2H3/t17-/m0/s1. The second kappa shape index (κ2) is 6.69. The largest absolute Gasteiger partial charge is 0.380 e. The van der Waals surface area contributed by atoms with Crippen LogP contribution in [0.5, 0.6) is 0 Å². The summed E-state index contributed by atoms with van der Waals surface area (Å²) in [6, 6.07) is 12.4. The SMILES string of the molecule is CO[C@H]1CCN(c2cc(C)nc3cc(Nc4cccnc4)ccc23)C1. The lowest BCUT2D eigenvalue weighted by molar-refractivity contribution is 0.121. The van der Waals surface area contributed by atoms with Gasteiger partial charge in [0.15, 0.2) is 0 Å². The van der Waals surface area contributed by atoms with Crippen molar-refractivity contribution < 1.29 is 4.74 Å². The summed E-state index contributed by atoms with van der Waals surface area (Å²) in [7, 11) is 1.79. The van der Waals surface area contributed by atoms with Crippen LogP contribution in [0.25, 0.3) is 10.9 Å². The van der Waals surface area contributed by atoms with Crippen molar-refractivity contribution in [3.63, 3.8) is 0 Å². The Kier molecular flexibility index (Phi) is 4.24.